The number of anilines is 1. The molecule has 6 heteroatoms. The molecular weight excluding hydrogens is 370 g/mol. The molecule has 28 heavy (non-hydrogen) atoms. The van der Waals surface area contributed by atoms with Gasteiger partial charge in [-0.25, -0.2) is 4.98 Å². The van der Waals surface area contributed by atoms with Crippen LogP contribution in [-0.4, -0.2) is 27.7 Å². The van der Waals surface area contributed by atoms with E-state index in [1.54, 1.807) is 0 Å². The zero-order valence-corrected chi connectivity index (χ0v) is 17.8. The highest BCUT2D eigenvalue weighted by molar-refractivity contribution is 8.00. The number of thioether (sulfide) groups is 1. The molecule has 2 aromatic carbocycles. The number of nitrogens with zero attached hydrogens (tertiary/aromatic N) is 1. The molecule has 1 unspecified atom stereocenters. The molecule has 5 nitrogen and oxygen atoms in total. The van der Waals surface area contributed by atoms with Crippen LogP contribution in [0.15, 0.2) is 41.6 Å². The van der Waals surface area contributed by atoms with Gasteiger partial charge in [-0.1, -0.05) is 43.8 Å². The van der Waals surface area contributed by atoms with Crippen molar-refractivity contribution in [3.05, 3.63) is 47.5 Å². The summed E-state index contributed by atoms with van der Waals surface area (Å²) in [6.45, 7) is 10.8. The summed E-state index contributed by atoms with van der Waals surface area (Å²) in [6, 6.07) is 11.9. The molecule has 2 N–H and O–H groups in total. The van der Waals surface area contributed by atoms with E-state index < -0.39 is 0 Å². The number of H-pyrrole nitrogens is 1. The number of fused-ring (bicyclic) bond motifs is 1. The number of benzene rings is 2. The summed E-state index contributed by atoms with van der Waals surface area (Å²) in [5.74, 6) is 1.12. The van der Waals surface area contributed by atoms with E-state index in [4.69, 9.17) is 4.74 Å². The molecule has 3 aromatic rings. The highest BCUT2D eigenvalue weighted by Gasteiger charge is 2.19. The molecule has 1 amide bonds. The Balaban J connectivity index is 1.74. The molecule has 0 aliphatic rings. The van der Waals surface area contributed by atoms with E-state index in [1.165, 1.54) is 11.8 Å². The van der Waals surface area contributed by atoms with Crippen molar-refractivity contribution in [3.63, 3.8) is 0 Å². The van der Waals surface area contributed by atoms with Crippen molar-refractivity contribution in [2.75, 3.05) is 11.9 Å². The normalized spacial score (nSPS) is 12.4. The Labute approximate surface area is 170 Å². The molecule has 3 rings (SSSR count). The third-order valence-electron chi connectivity index (χ3n) is 4.58. The summed E-state index contributed by atoms with van der Waals surface area (Å²) in [4.78, 5) is 20.7. The Morgan fingerprint density at radius 3 is 2.75 bits per heavy atom. The van der Waals surface area contributed by atoms with Crippen LogP contribution in [0, 0.1) is 6.92 Å². The van der Waals surface area contributed by atoms with Crippen molar-refractivity contribution in [2.45, 2.75) is 50.9 Å². The van der Waals surface area contributed by atoms with Crippen LogP contribution < -0.4 is 10.1 Å². The fraction of sp³-hybridized carbons (Fsp3) is 0.364. The standard InChI is InChI=1S/C22H27N3O2S/c1-6-27-16-10-11-18-19(12-16)24-22(23-18)28-15(5)21(26)25-20-14(4)8-7-9-17(20)13(2)3/h7-13,15H,6H2,1-5H3,(H,23,24)(H,25,26). The van der Waals surface area contributed by atoms with E-state index in [0.29, 0.717) is 12.5 Å². The molecule has 1 aromatic heterocycles. The SMILES string of the molecule is CCOc1ccc2nc(SC(C)C(=O)Nc3c(C)cccc3C(C)C)[nH]c2c1. The van der Waals surface area contributed by atoms with Gasteiger partial charge in [0.2, 0.25) is 5.91 Å². The van der Waals surface area contributed by atoms with Gasteiger partial charge in [0.1, 0.15) is 5.75 Å². The van der Waals surface area contributed by atoms with E-state index in [9.17, 15) is 4.79 Å². The van der Waals surface area contributed by atoms with E-state index >= 15 is 0 Å². The number of nitrogens with one attached hydrogen (secondary N) is 2. The predicted octanol–water partition coefficient (Wildman–Crippen LogP) is 5.51. The van der Waals surface area contributed by atoms with Gasteiger partial charge in [0.15, 0.2) is 5.16 Å². The number of ether oxygens (including phenoxy) is 1. The van der Waals surface area contributed by atoms with Crippen molar-refractivity contribution in [1.29, 1.82) is 0 Å². The first-order valence-electron chi connectivity index (χ1n) is 9.58. The highest BCUT2D eigenvalue weighted by atomic mass is 32.2. The lowest BCUT2D eigenvalue weighted by atomic mass is 9.98. The number of hydrogen-bond acceptors (Lipinski definition) is 4. The molecule has 0 spiro atoms. The second-order valence-electron chi connectivity index (χ2n) is 7.10. The Hall–Kier alpha value is -2.47. The number of para-hydroxylation sites is 1. The molecule has 0 bridgehead atoms. The minimum absolute atomic E-state index is 0.0309. The van der Waals surface area contributed by atoms with E-state index in [1.807, 2.05) is 51.1 Å². The molecule has 0 saturated heterocycles. The first kappa shape index (κ1) is 20.3. The number of carbonyl (C=O) groups is 1. The number of aromatic amines is 1. The van der Waals surface area contributed by atoms with Gasteiger partial charge in [-0.05, 0) is 49.9 Å². The first-order valence-corrected chi connectivity index (χ1v) is 10.5. The zero-order valence-electron chi connectivity index (χ0n) is 17.0. The predicted molar refractivity (Wildman–Crippen MR) is 116 cm³/mol. The largest absolute Gasteiger partial charge is 0.494 e. The van der Waals surface area contributed by atoms with Gasteiger partial charge in [-0.15, -0.1) is 0 Å². The Bertz CT molecular complexity index is 981. The molecule has 0 aliphatic carbocycles. The summed E-state index contributed by atoms with van der Waals surface area (Å²) in [5, 5.41) is 3.56. The molecule has 0 radical (unpaired) electrons. The molecule has 148 valence electrons. The second kappa shape index (κ2) is 8.69. The lowest BCUT2D eigenvalue weighted by Crippen LogP contribution is -2.24. The van der Waals surface area contributed by atoms with Crippen LogP contribution in [0.5, 0.6) is 5.75 Å². The van der Waals surface area contributed by atoms with Gasteiger partial charge < -0.3 is 15.0 Å². The Morgan fingerprint density at radius 2 is 2.04 bits per heavy atom. The van der Waals surface area contributed by atoms with Gasteiger partial charge in [0.05, 0.1) is 22.9 Å². The Morgan fingerprint density at radius 1 is 1.25 bits per heavy atom. The van der Waals surface area contributed by atoms with Crippen molar-refractivity contribution < 1.29 is 9.53 Å². The number of hydrogen-bond donors (Lipinski definition) is 2. The highest BCUT2D eigenvalue weighted by Crippen LogP contribution is 2.30. The van der Waals surface area contributed by atoms with Crippen LogP contribution in [0.25, 0.3) is 11.0 Å². The maximum atomic E-state index is 12.8. The Kier molecular flexibility index (Phi) is 6.29. The summed E-state index contributed by atoms with van der Waals surface area (Å²) < 4.78 is 5.53. The molecule has 0 aliphatic heterocycles. The van der Waals surface area contributed by atoms with Gasteiger partial charge in [0, 0.05) is 11.8 Å². The molecular formula is C22H27N3O2S. The van der Waals surface area contributed by atoms with Gasteiger partial charge in [-0.3, -0.25) is 4.79 Å². The fourth-order valence-electron chi connectivity index (χ4n) is 3.07. The first-order chi connectivity index (χ1) is 13.4. The number of aromatic nitrogens is 2. The van der Waals surface area contributed by atoms with Crippen LogP contribution in [0.3, 0.4) is 0 Å². The average Bonchev–Trinajstić information content (AvgIpc) is 3.04. The fourth-order valence-corrected chi connectivity index (χ4v) is 3.89. The monoisotopic (exact) mass is 397 g/mol. The summed E-state index contributed by atoms with van der Waals surface area (Å²) in [6.07, 6.45) is 0. The van der Waals surface area contributed by atoms with Gasteiger partial charge in [-0.2, -0.15) is 0 Å². The molecule has 1 heterocycles. The summed E-state index contributed by atoms with van der Waals surface area (Å²) >= 11 is 1.42. The van der Waals surface area contributed by atoms with Crippen LogP contribution >= 0.6 is 11.8 Å². The maximum Gasteiger partial charge on any atom is 0.237 e. The average molecular weight is 398 g/mol. The van der Waals surface area contributed by atoms with Crippen molar-refractivity contribution >= 4 is 34.4 Å². The summed E-state index contributed by atoms with van der Waals surface area (Å²) in [5.41, 5.74) is 4.91. The minimum atomic E-state index is -0.286. The summed E-state index contributed by atoms with van der Waals surface area (Å²) in [7, 11) is 0. The zero-order chi connectivity index (χ0) is 20.3. The smallest absolute Gasteiger partial charge is 0.237 e. The van der Waals surface area contributed by atoms with Crippen LogP contribution in [0.2, 0.25) is 0 Å². The lowest BCUT2D eigenvalue weighted by Gasteiger charge is -2.18. The molecule has 0 saturated carbocycles. The van der Waals surface area contributed by atoms with Crippen LogP contribution in [0.4, 0.5) is 5.69 Å². The van der Waals surface area contributed by atoms with Crippen LogP contribution in [0.1, 0.15) is 44.7 Å². The minimum Gasteiger partial charge on any atom is -0.494 e. The van der Waals surface area contributed by atoms with E-state index in [0.717, 1.165) is 38.8 Å². The lowest BCUT2D eigenvalue weighted by molar-refractivity contribution is -0.115. The maximum absolute atomic E-state index is 12.8. The quantitative estimate of drug-likeness (QED) is 0.516. The molecule has 1 atom stereocenters. The third-order valence-corrected chi connectivity index (χ3v) is 5.56. The second-order valence-corrected chi connectivity index (χ2v) is 8.43. The number of aryl methyl sites for hydroxylation is 1. The number of imidazole rings is 1. The number of carbonyl (C=O) groups excluding carboxylic acids is 1. The van der Waals surface area contributed by atoms with Crippen molar-refractivity contribution in [2.24, 2.45) is 0 Å². The topological polar surface area (TPSA) is 67.0 Å². The molecule has 0 fully saturated rings. The van der Waals surface area contributed by atoms with Crippen molar-refractivity contribution in [3.8, 4) is 5.75 Å². The van der Waals surface area contributed by atoms with Gasteiger partial charge in [0.25, 0.3) is 0 Å². The van der Waals surface area contributed by atoms with E-state index in [-0.39, 0.29) is 11.2 Å². The van der Waals surface area contributed by atoms with E-state index in [2.05, 4.69) is 35.2 Å². The number of rotatable bonds is 7. The van der Waals surface area contributed by atoms with Crippen molar-refractivity contribution in [1.82, 2.24) is 9.97 Å². The van der Waals surface area contributed by atoms with Gasteiger partial charge >= 0.3 is 0 Å². The number of amides is 1. The third kappa shape index (κ3) is 4.50. The van der Waals surface area contributed by atoms with Crippen LogP contribution in [-0.2, 0) is 4.79 Å².